The Hall–Kier alpha value is -0.130. The Morgan fingerprint density at radius 2 is 1.82 bits per heavy atom. The van der Waals surface area contributed by atoms with Crippen molar-refractivity contribution in [2.75, 3.05) is 12.3 Å². The van der Waals surface area contributed by atoms with Crippen molar-refractivity contribution >= 4 is 10.0 Å². The van der Waals surface area contributed by atoms with Gasteiger partial charge in [0.05, 0.1) is 5.75 Å². The van der Waals surface area contributed by atoms with Crippen LogP contribution in [0.15, 0.2) is 0 Å². The summed E-state index contributed by atoms with van der Waals surface area (Å²) in [6.07, 6.45) is 7.08. The van der Waals surface area contributed by atoms with Gasteiger partial charge in [0.15, 0.2) is 0 Å². The molecule has 0 radical (unpaired) electrons. The molecular formula is C12H24N2O2S. The van der Waals surface area contributed by atoms with Crippen LogP contribution in [-0.4, -0.2) is 36.6 Å². The van der Waals surface area contributed by atoms with Gasteiger partial charge >= 0.3 is 0 Å². The van der Waals surface area contributed by atoms with E-state index in [-0.39, 0.29) is 11.8 Å². The lowest BCUT2D eigenvalue weighted by Gasteiger charge is -2.35. The van der Waals surface area contributed by atoms with Crippen LogP contribution in [0, 0.1) is 0 Å². The van der Waals surface area contributed by atoms with Crippen molar-refractivity contribution in [3.8, 4) is 0 Å². The molecule has 0 amide bonds. The maximum atomic E-state index is 12.4. The van der Waals surface area contributed by atoms with E-state index in [0.29, 0.717) is 6.54 Å². The second-order valence-electron chi connectivity index (χ2n) is 5.61. The molecule has 0 spiro atoms. The van der Waals surface area contributed by atoms with E-state index in [1.54, 1.807) is 4.31 Å². The molecule has 0 heterocycles. The summed E-state index contributed by atoms with van der Waals surface area (Å²) < 4.78 is 26.4. The molecule has 2 fully saturated rings. The highest BCUT2D eigenvalue weighted by molar-refractivity contribution is 7.89. The van der Waals surface area contributed by atoms with Crippen LogP contribution in [0.5, 0.6) is 0 Å². The monoisotopic (exact) mass is 260 g/mol. The lowest BCUT2D eigenvalue weighted by Crippen LogP contribution is -2.51. The van der Waals surface area contributed by atoms with E-state index in [0.717, 1.165) is 38.5 Å². The molecular weight excluding hydrogens is 236 g/mol. The number of hydrogen-bond acceptors (Lipinski definition) is 3. The third kappa shape index (κ3) is 3.20. The molecule has 2 rings (SSSR count). The lowest BCUT2D eigenvalue weighted by molar-refractivity contribution is 0.315. The summed E-state index contributed by atoms with van der Waals surface area (Å²) in [4.78, 5) is 0. The Labute approximate surface area is 105 Å². The third-order valence-corrected chi connectivity index (χ3v) is 6.15. The van der Waals surface area contributed by atoms with Gasteiger partial charge in [0.25, 0.3) is 0 Å². The first kappa shape index (κ1) is 13.3. The van der Waals surface area contributed by atoms with Crippen LogP contribution in [-0.2, 0) is 10.0 Å². The van der Waals surface area contributed by atoms with Crippen LogP contribution in [0.25, 0.3) is 0 Å². The van der Waals surface area contributed by atoms with Crippen LogP contribution in [0.1, 0.15) is 51.9 Å². The Balaban J connectivity index is 2.04. The predicted molar refractivity (Wildman–Crippen MR) is 69.2 cm³/mol. The second-order valence-corrected chi connectivity index (χ2v) is 7.54. The summed E-state index contributed by atoms with van der Waals surface area (Å²) in [7, 11) is -3.16. The lowest BCUT2D eigenvalue weighted by atomic mass is 9.84. The minimum absolute atomic E-state index is 0.143. The highest BCUT2D eigenvalue weighted by Crippen LogP contribution is 2.32. The summed E-state index contributed by atoms with van der Waals surface area (Å²) in [6, 6.07) is 0.261. The van der Waals surface area contributed by atoms with Crippen molar-refractivity contribution in [3.05, 3.63) is 0 Å². The molecule has 0 aromatic heterocycles. The van der Waals surface area contributed by atoms with Crippen molar-refractivity contribution in [2.45, 2.75) is 63.5 Å². The molecule has 2 N–H and O–H groups in total. The Bertz CT molecular complexity index is 357. The molecule has 2 saturated carbocycles. The zero-order chi connectivity index (χ0) is 12.5. The standard InChI is InChI=1S/C12H24N2O2S/c1-2-14(11-6-7-11)17(15,16)10-12(13)8-4-3-5-9-12/h11H,2-10,13H2,1H3. The van der Waals surface area contributed by atoms with E-state index >= 15 is 0 Å². The maximum Gasteiger partial charge on any atom is 0.216 e. The first-order valence-electron chi connectivity index (χ1n) is 6.75. The van der Waals surface area contributed by atoms with Gasteiger partial charge in [-0.05, 0) is 25.7 Å². The highest BCUT2D eigenvalue weighted by Gasteiger charge is 2.40. The molecule has 100 valence electrons. The van der Waals surface area contributed by atoms with E-state index < -0.39 is 15.6 Å². The summed E-state index contributed by atoms with van der Waals surface area (Å²) in [5.41, 5.74) is 5.78. The first-order chi connectivity index (χ1) is 7.97. The topological polar surface area (TPSA) is 63.4 Å². The molecule has 0 aromatic rings. The van der Waals surface area contributed by atoms with E-state index in [2.05, 4.69) is 0 Å². The fourth-order valence-electron chi connectivity index (χ4n) is 2.89. The molecule has 2 aliphatic carbocycles. The molecule has 5 heteroatoms. The molecule has 0 aliphatic heterocycles. The van der Waals surface area contributed by atoms with Crippen LogP contribution in [0.3, 0.4) is 0 Å². The van der Waals surface area contributed by atoms with Gasteiger partial charge in [-0.3, -0.25) is 0 Å². The van der Waals surface area contributed by atoms with Gasteiger partial charge in [0.2, 0.25) is 10.0 Å². The number of sulfonamides is 1. The molecule has 17 heavy (non-hydrogen) atoms. The Kier molecular flexibility index (Phi) is 3.80. The van der Waals surface area contributed by atoms with Crippen molar-refractivity contribution < 1.29 is 8.42 Å². The van der Waals surface area contributed by atoms with Gasteiger partial charge in [0.1, 0.15) is 0 Å². The zero-order valence-electron chi connectivity index (χ0n) is 10.7. The van der Waals surface area contributed by atoms with Crippen molar-refractivity contribution in [3.63, 3.8) is 0 Å². The van der Waals surface area contributed by atoms with E-state index in [1.165, 1.54) is 6.42 Å². The maximum absolute atomic E-state index is 12.4. The van der Waals surface area contributed by atoms with E-state index in [1.807, 2.05) is 6.92 Å². The Morgan fingerprint density at radius 1 is 1.24 bits per heavy atom. The van der Waals surface area contributed by atoms with Gasteiger partial charge < -0.3 is 5.73 Å². The fraction of sp³-hybridized carbons (Fsp3) is 1.00. The molecule has 0 bridgehead atoms. The van der Waals surface area contributed by atoms with Gasteiger partial charge in [-0.2, -0.15) is 4.31 Å². The summed E-state index contributed by atoms with van der Waals surface area (Å²) in [6.45, 7) is 2.50. The van der Waals surface area contributed by atoms with Gasteiger partial charge in [-0.15, -0.1) is 0 Å². The minimum Gasteiger partial charge on any atom is -0.324 e. The average Bonchev–Trinajstić information content (AvgIpc) is 3.01. The van der Waals surface area contributed by atoms with Crippen LogP contribution >= 0.6 is 0 Å². The normalized spacial score (nSPS) is 25.1. The average molecular weight is 260 g/mol. The SMILES string of the molecule is CCN(C1CC1)S(=O)(=O)CC1(N)CCCCC1. The van der Waals surface area contributed by atoms with Crippen molar-refractivity contribution in [1.82, 2.24) is 4.31 Å². The van der Waals surface area contributed by atoms with E-state index in [4.69, 9.17) is 5.73 Å². The van der Waals surface area contributed by atoms with Gasteiger partial charge in [0, 0.05) is 18.1 Å². The van der Waals surface area contributed by atoms with Crippen LogP contribution in [0.2, 0.25) is 0 Å². The zero-order valence-corrected chi connectivity index (χ0v) is 11.5. The van der Waals surface area contributed by atoms with Gasteiger partial charge in [-0.1, -0.05) is 26.2 Å². The van der Waals surface area contributed by atoms with Gasteiger partial charge in [-0.25, -0.2) is 8.42 Å². The quantitative estimate of drug-likeness (QED) is 0.814. The largest absolute Gasteiger partial charge is 0.324 e. The molecule has 0 saturated heterocycles. The van der Waals surface area contributed by atoms with E-state index in [9.17, 15) is 8.42 Å². The fourth-order valence-corrected chi connectivity index (χ4v) is 5.13. The summed E-state index contributed by atoms with van der Waals surface area (Å²) >= 11 is 0. The second kappa shape index (κ2) is 4.86. The minimum atomic E-state index is -3.16. The molecule has 0 atom stereocenters. The third-order valence-electron chi connectivity index (χ3n) is 3.94. The van der Waals surface area contributed by atoms with Crippen molar-refractivity contribution in [1.29, 1.82) is 0 Å². The number of rotatable bonds is 5. The number of hydrogen-bond donors (Lipinski definition) is 1. The molecule has 0 unspecified atom stereocenters. The summed E-state index contributed by atoms with van der Waals surface area (Å²) in [5, 5.41) is 0. The van der Waals surface area contributed by atoms with Crippen LogP contribution < -0.4 is 5.73 Å². The first-order valence-corrected chi connectivity index (χ1v) is 8.36. The predicted octanol–water partition coefficient (Wildman–Crippen LogP) is 1.46. The Morgan fingerprint density at radius 3 is 2.29 bits per heavy atom. The molecule has 2 aliphatic rings. The van der Waals surface area contributed by atoms with Crippen LogP contribution in [0.4, 0.5) is 0 Å². The smallest absolute Gasteiger partial charge is 0.216 e. The molecule has 4 nitrogen and oxygen atoms in total. The molecule has 0 aromatic carbocycles. The van der Waals surface area contributed by atoms with Crippen molar-refractivity contribution in [2.24, 2.45) is 5.73 Å². The number of nitrogens with two attached hydrogens (primary N) is 1. The highest BCUT2D eigenvalue weighted by atomic mass is 32.2. The summed E-state index contributed by atoms with van der Waals surface area (Å²) in [5.74, 6) is 0.143. The number of nitrogens with zero attached hydrogens (tertiary/aromatic N) is 1.